The van der Waals surface area contributed by atoms with Gasteiger partial charge in [-0.25, -0.2) is 0 Å². The Morgan fingerprint density at radius 3 is 3.00 bits per heavy atom. The Labute approximate surface area is 111 Å². The summed E-state index contributed by atoms with van der Waals surface area (Å²) in [4.78, 5) is 12.1. The van der Waals surface area contributed by atoms with E-state index in [1.807, 2.05) is 0 Å². The molecule has 0 aliphatic carbocycles. The summed E-state index contributed by atoms with van der Waals surface area (Å²) < 4.78 is 0. The second kappa shape index (κ2) is 5.59. The number of hydrogen-bond acceptors (Lipinski definition) is 3. The second-order valence-electron chi connectivity index (χ2n) is 4.73. The number of halogens is 1. The molecule has 2 unspecified atom stereocenters. The number of benzene rings is 1. The van der Waals surface area contributed by atoms with Crippen molar-refractivity contribution in [3.8, 4) is 5.75 Å². The van der Waals surface area contributed by atoms with Crippen LogP contribution in [0.25, 0.3) is 0 Å². The molecule has 2 rings (SSSR count). The quantitative estimate of drug-likeness (QED) is 0.722. The van der Waals surface area contributed by atoms with E-state index in [1.165, 1.54) is 6.07 Å². The van der Waals surface area contributed by atoms with Crippen LogP contribution in [0, 0.1) is 5.92 Å². The maximum atomic E-state index is 12.1. The van der Waals surface area contributed by atoms with Gasteiger partial charge in [-0.15, -0.1) is 0 Å². The van der Waals surface area contributed by atoms with Crippen molar-refractivity contribution in [2.75, 3.05) is 11.9 Å². The van der Waals surface area contributed by atoms with Crippen LogP contribution in [0.4, 0.5) is 5.69 Å². The molecule has 4 nitrogen and oxygen atoms in total. The van der Waals surface area contributed by atoms with Crippen LogP contribution in [0.15, 0.2) is 18.2 Å². The third kappa shape index (κ3) is 3.15. The summed E-state index contributed by atoms with van der Waals surface area (Å²) >= 11 is 5.79. The summed E-state index contributed by atoms with van der Waals surface area (Å²) in [6, 6.07) is 5.05. The fourth-order valence-corrected chi connectivity index (χ4v) is 2.38. The Kier molecular flexibility index (Phi) is 4.09. The lowest BCUT2D eigenvalue weighted by Crippen LogP contribution is -2.40. The van der Waals surface area contributed by atoms with Crippen LogP contribution < -0.4 is 10.6 Å². The number of carbonyl (C=O) groups is 1. The minimum absolute atomic E-state index is 0.0186. The summed E-state index contributed by atoms with van der Waals surface area (Å²) in [5.41, 5.74) is 0.619. The maximum Gasteiger partial charge on any atom is 0.227 e. The number of carbonyl (C=O) groups excluding carboxylic acids is 1. The highest BCUT2D eigenvalue weighted by Crippen LogP contribution is 2.27. The van der Waals surface area contributed by atoms with Crippen LogP contribution in [-0.4, -0.2) is 23.6 Å². The smallest absolute Gasteiger partial charge is 0.227 e. The molecule has 1 aliphatic heterocycles. The Morgan fingerprint density at radius 2 is 2.33 bits per heavy atom. The predicted octanol–water partition coefficient (Wildman–Crippen LogP) is 2.37. The normalized spacial score (nSPS) is 23.7. The molecule has 2 atom stereocenters. The molecule has 1 amide bonds. The van der Waals surface area contributed by atoms with Gasteiger partial charge in [0.25, 0.3) is 0 Å². The van der Waals surface area contributed by atoms with E-state index in [1.54, 1.807) is 12.1 Å². The summed E-state index contributed by atoms with van der Waals surface area (Å²) in [6.07, 6.45) is 1.69. The van der Waals surface area contributed by atoms with Gasteiger partial charge >= 0.3 is 0 Å². The first-order valence-electron chi connectivity index (χ1n) is 6.09. The molecular weight excluding hydrogens is 252 g/mol. The van der Waals surface area contributed by atoms with E-state index in [4.69, 9.17) is 11.6 Å². The average molecular weight is 269 g/mol. The number of rotatable bonds is 2. The van der Waals surface area contributed by atoms with E-state index >= 15 is 0 Å². The topological polar surface area (TPSA) is 61.4 Å². The van der Waals surface area contributed by atoms with Crippen molar-refractivity contribution in [2.45, 2.75) is 25.8 Å². The zero-order chi connectivity index (χ0) is 13.1. The molecule has 0 radical (unpaired) electrons. The lowest BCUT2D eigenvalue weighted by Gasteiger charge is -2.27. The van der Waals surface area contributed by atoms with Gasteiger partial charge in [-0.2, -0.15) is 0 Å². The maximum absolute atomic E-state index is 12.1. The van der Waals surface area contributed by atoms with E-state index in [-0.39, 0.29) is 22.6 Å². The van der Waals surface area contributed by atoms with Crippen LogP contribution in [0.2, 0.25) is 5.02 Å². The van der Waals surface area contributed by atoms with Gasteiger partial charge in [0.2, 0.25) is 5.91 Å². The molecule has 1 heterocycles. The van der Waals surface area contributed by atoms with E-state index in [0.717, 1.165) is 19.4 Å². The van der Waals surface area contributed by atoms with E-state index in [9.17, 15) is 9.90 Å². The van der Waals surface area contributed by atoms with Gasteiger partial charge in [0.05, 0.1) is 5.02 Å². The zero-order valence-corrected chi connectivity index (χ0v) is 11.0. The van der Waals surface area contributed by atoms with Crippen LogP contribution >= 0.6 is 11.6 Å². The van der Waals surface area contributed by atoms with Gasteiger partial charge in [0.1, 0.15) is 5.75 Å². The molecule has 1 aliphatic rings. The standard InChI is InChI=1S/C13H17ClN2O2/c1-8-6-9(4-5-15-8)13(18)16-10-2-3-12(17)11(14)7-10/h2-3,7-9,15,17H,4-6H2,1H3,(H,16,18). The number of aromatic hydroxyl groups is 1. The van der Waals surface area contributed by atoms with Crippen molar-refractivity contribution < 1.29 is 9.90 Å². The number of phenols is 1. The molecule has 5 heteroatoms. The van der Waals surface area contributed by atoms with Gasteiger partial charge < -0.3 is 15.7 Å². The van der Waals surface area contributed by atoms with Crippen molar-refractivity contribution in [3.05, 3.63) is 23.2 Å². The van der Waals surface area contributed by atoms with Crippen molar-refractivity contribution in [3.63, 3.8) is 0 Å². The van der Waals surface area contributed by atoms with Crippen LogP contribution in [0.5, 0.6) is 5.75 Å². The summed E-state index contributed by atoms with van der Waals surface area (Å²) in [6.45, 7) is 2.95. The highest BCUT2D eigenvalue weighted by molar-refractivity contribution is 6.32. The summed E-state index contributed by atoms with van der Waals surface area (Å²) in [7, 11) is 0. The molecule has 3 N–H and O–H groups in total. The minimum Gasteiger partial charge on any atom is -0.506 e. The summed E-state index contributed by atoms with van der Waals surface area (Å²) in [5.74, 6) is 0.0732. The monoisotopic (exact) mass is 268 g/mol. The molecule has 0 bridgehead atoms. The van der Waals surface area contributed by atoms with E-state index < -0.39 is 0 Å². The van der Waals surface area contributed by atoms with Crippen LogP contribution in [0.1, 0.15) is 19.8 Å². The van der Waals surface area contributed by atoms with E-state index in [2.05, 4.69) is 17.6 Å². The van der Waals surface area contributed by atoms with E-state index in [0.29, 0.717) is 11.7 Å². The third-order valence-electron chi connectivity index (χ3n) is 3.21. The first-order chi connectivity index (χ1) is 8.56. The third-order valence-corrected chi connectivity index (χ3v) is 3.51. The number of nitrogens with one attached hydrogen (secondary N) is 2. The SMILES string of the molecule is CC1CC(C(=O)Nc2ccc(O)c(Cl)c2)CCN1. The van der Waals surface area contributed by atoms with Gasteiger partial charge in [-0.3, -0.25) is 4.79 Å². The highest BCUT2D eigenvalue weighted by Gasteiger charge is 2.24. The molecule has 1 aromatic rings. The number of piperidine rings is 1. The minimum atomic E-state index is 0.0186. The second-order valence-corrected chi connectivity index (χ2v) is 5.14. The molecule has 0 aromatic heterocycles. The lowest BCUT2D eigenvalue weighted by molar-refractivity contribution is -0.120. The molecule has 0 spiro atoms. The Morgan fingerprint density at radius 1 is 1.56 bits per heavy atom. The van der Waals surface area contributed by atoms with Crippen molar-refractivity contribution >= 4 is 23.2 Å². The largest absolute Gasteiger partial charge is 0.506 e. The van der Waals surface area contributed by atoms with Crippen LogP contribution in [-0.2, 0) is 4.79 Å². The van der Waals surface area contributed by atoms with Gasteiger partial charge in [-0.05, 0) is 44.5 Å². The molecule has 1 aromatic carbocycles. The van der Waals surface area contributed by atoms with Crippen molar-refractivity contribution in [1.29, 1.82) is 0 Å². The summed E-state index contributed by atoms with van der Waals surface area (Å²) in [5, 5.41) is 15.7. The first kappa shape index (κ1) is 13.2. The number of phenolic OH excluding ortho intramolecular Hbond substituents is 1. The van der Waals surface area contributed by atoms with Crippen LogP contribution in [0.3, 0.4) is 0 Å². The van der Waals surface area contributed by atoms with Crippen molar-refractivity contribution in [1.82, 2.24) is 5.32 Å². The fraction of sp³-hybridized carbons (Fsp3) is 0.462. The number of anilines is 1. The Balaban J connectivity index is 2.00. The molecule has 1 fully saturated rings. The Hall–Kier alpha value is -1.26. The predicted molar refractivity (Wildman–Crippen MR) is 71.9 cm³/mol. The highest BCUT2D eigenvalue weighted by atomic mass is 35.5. The molecule has 98 valence electrons. The molecule has 18 heavy (non-hydrogen) atoms. The fourth-order valence-electron chi connectivity index (χ4n) is 2.20. The molecule has 0 saturated carbocycles. The first-order valence-corrected chi connectivity index (χ1v) is 6.47. The number of hydrogen-bond donors (Lipinski definition) is 3. The lowest BCUT2D eigenvalue weighted by atomic mass is 9.92. The number of amides is 1. The average Bonchev–Trinajstić information content (AvgIpc) is 2.34. The van der Waals surface area contributed by atoms with Gasteiger partial charge in [0, 0.05) is 17.6 Å². The van der Waals surface area contributed by atoms with Gasteiger partial charge in [0.15, 0.2) is 0 Å². The zero-order valence-electron chi connectivity index (χ0n) is 10.2. The van der Waals surface area contributed by atoms with Gasteiger partial charge in [-0.1, -0.05) is 11.6 Å². The van der Waals surface area contributed by atoms with Crippen molar-refractivity contribution in [2.24, 2.45) is 5.92 Å². The molecule has 1 saturated heterocycles. The molecular formula is C13H17ClN2O2. The Bertz CT molecular complexity index is 451.